The number of rotatable bonds is 3. The van der Waals surface area contributed by atoms with Crippen molar-refractivity contribution in [2.45, 2.75) is 13.8 Å². The van der Waals surface area contributed by atoms with E-state index in [-0.39, 0.29) is 11.7 Å². The van der Waals surface area contributed by atoms with Gasteiger partial charge in [-0.3, -0.25) is 20.4 Å². The van der Waals surface area contributed by atoms with E-state index in [0.717, 1.165) is 20.2 Å². The summed E-state index contributed by atoms with van der Waals surface area (Å²) in [4.78, 5) is 27.6. The van der Waals surface area contributed by atoms with Crippen LogP contribution in [0.5, 0.6) is 0 Å². The van der Waals surface area contributed by atoms with Crippen LogP contribution in [0.3, 0.4) is 0 Å². The van der Waals surface area contributed by atoms with Crippen LogP contribution in [-0.2, 0) is 0 Å². The molecule has 7 heteroatoms. The largest absolute Gasteiger partial charge is 0.279 e. The van der Waals surface area contributed by atoms with Crippen molar-refractivity contribution >= 4 is 34.5 Å². The van der Waals surface area contributed by atoms with Gasteiger partial charge in [0.05, 0.1) is 10.4 Å². The smallest absolute Gasteiger partial charge is 0.267 e. The molecule has 0 saturated carbocycles. The molecule has 3 aromatic rings. The van der Waals surface area contributed by atoms with Gasteiger partial charge in [-0.2, -0.15) is 0 Å². The van der Waals surface area contributed by atoms with Crippen molar-refractivity contribution in [3.8, 4) is 10.4 Å². The second-order valence-corrected chi connectivity index (χ2v) is 7.95. The summed E-state index contributed by atoms with van der Waals surface area (Å²) in [6, 6.07) is 11.3. The summed E-state index contributed by atoms with van der Waals surface area (Å²) < 4.78 is 13.0. The van der Waals surface area contributed by atoms with Gasteiger partial charge in [-0.25, -0.2) is 4.39 Å². The molecule has 0 radical (unpaired) electrons. The number of hydrogen-bond acceptors (Lipinski definition) is 4. The Bertz CT molecular complexity index is 929. The lowest BCUT2D eigenvalue weighted by Gasteiger charge is -2.05. The molecule has 0 fully saturated rings. The maximum Gasteiger partial charge on any atom is 0.279 e. The molecule has 2 heterocycles. The van der Waals surface area contributed by atoms with Crippen molar-refractivity contribution in [2.24, 2.45) is 0 Å². The second-order valence-electron chi connectivity index (χ2n) is 5.41. The highest BCUT2D eigenvalue weighted by molar-refractivity contribution is 7.17. The highest BCUT2D eigenvalue weighted by atomic mass is 32.1. The number of carbonyl (C=O) groups is 2. The van der Waals surface area contributed by atoms with Crippen molar-refractivity contribution in [1.29, 1.82) is 0 Å². The maximum atomic E-state index is 13.0. The van der Waals surface area contributed by atoms with Crippen LogP contribution in [0, 0.1) is 19.7 Å². The van der Waals surface area contributed by atoms with Crippen molar-refractivity contribution < 1.29 is 14.0 Å². The number of hydrazine groups is 1. The lowest BCUT2D eigenvalue weighted by molar-refractivity contribution is 0.0849. The van der Waals surface area contributed by atoms with E-state index in [0.29, 0.717) is 10.4 Å². The summed E-state index contributed by atoms with van der Waals surface area (Å²) >= 11 is 2.80. The minimum atomic E-state index is -0.392. The molecule has 0 aliphatic heterocycles. The molecule has 0 saturated heterocycles. The first-order chi connectivity index (χ1) is 11.9. The number of amides is 2. The molecule has 25 heavy (non-hydrogen) atoms. The average molecular weight is 374 g/mol. The molecule has 1 aromatic carbocycles. The predicted molar refractivity (Wildman–Crippen MR) is 98.4 cm³/mol. The maximum absolute atomic E-state index is 13.0. The van der Waals surface area contributed by atoms with E-state index in [4.69, 9.17) is 0 Å². The lowest BCUT2D eigenvalue weighted by Crippen LogP contribution is -2.41. The summed E-state index contributed by atoms with van der Waals surface area (Å²) in [5.74, 6) is -1.04. The average Bonchev–Trinajstić information content (AvgIpc) is 3.20. The SMILES string of the molecule is Cc1cc(C(=O)NNC(=O)c2ccc(-c3ccc(F)cc3)s2)c(C)s1. The van der Waals surface area contributed by atoms with Crippen LogP contribution >= 0.6 is 22.7 Å². The Morgan fingerprint density at radius 1 is 0.920 bits per heavy atom. The third-order valence-electron chi connectivity index (χ3n) is 3.53. The number of halogens is 1. The van der Waals surface area contributed by atoms with Gasteiger partial charge in [0.1, 0.15) is 5.82 Å². The van der Waals surface area contributed by atoms with E-state index >= 15 is 0 Å². The van der Waals surface area contributed by atoms with Crippen LogP contribution < -0.4 is 10.9 Å². The van der Waals surface area contributed by atoms with Gasteiger partial charge in [0.25, 0.3) is 11.8 Å². The Labute approximate surface area is 152 Å². The third kappa shape index (κ3) is 3.94. The fourth-order valence-electron chi connectivity index (χ4n) is 2.33. The van der Waals surface area contributed by atoms with E-state index in [9.17, 15) is 14.0 Å². The van der Waals surface area contributed by atoms with Gasteiger partial charge < -0.3 is 0 Å². The summed E-state index contributed by atoms with van der Waals surface area (Å²) in [7, 11) is 0. The van der Waals surface area contributed by atoms with E-state index in [2.05, 4.69) is 10.9 Å². The van der Waals surface area contributed by atoms with Gasteiger partial charge in [-0.05, 0) is 49.7 Å². The lowest BCUT2D eigenvalue weighted by atomic mass is 10.2. The summed E-state index contributed by atoms with van der Waals surface area (Å²) in [5.41, 5.74) is 6.25. The Hall–Kier alpha value is -2.51. The Morgan fingerprint density at radius 2 is 1.60 bits per heavy atom. The zero-order chi connectivity index (χ0) is 18.0. The molecular weight excluding hydrogens is 359 g/mol. The number of hydrogen-bond donors (Lipinski definition) is 2. The molecule has 2 N–H and O–H groups in total. The van der Waals surface area contributed by atoms with Crippen LogP contribution in [-0.4, -0.2) is 11.8 Å². The molecular formula is C18H15FN2O2S2. The van der Waals surface area contributed by atoms with Crippen LogP contribution in [0.4, 0.5) is 4.39 Å². The molecule has 0 spiro atoms. The third-order valence-corrected chi connectivity index (χ3v) is 5.63. The predicted octanol–water partition coefficient (Wildman–Crippen LogP) is 4.31. The molecule has 2 aromatic heterocycles. The summed E-state index contributed by atoms with van der Waals surface area (Å²) in [6.07, 6.45) is 0. The van der Waals surface area contributed by atoms with E-state index in [1.807, 2.05) is 13.8 Å². The molecule has 0 aliphatic carbocycles. The van der Waals surface area contributed by atoms with Gasteiger partial charge in [-0.15, -0.1) is 22.7 Å². The number of benzene rings is 1. The highest BCUT2D eigenvalue weighted by Crippen LogP contribution is 2.28. The van der Waals surface area contributed by atoms with Crippen molar-refractivity contribution in [1.82, 2.24) is 10.9 Å². The molecule has 0 aliphatic rings. The monoisotopic (exact) mass is 374 g/mol. The van der Waals surface area contributed by atoms with Crippen molar-refractivity contribution in [3.05, 3.63) is 68.5 Å². The molecule has 0 unspecified atom stereocenters. The first kappa shape index (κ1) is 17.3. The fourth-order valence-corrected chi connectivity index (χ4v) is 4.16. The van der Waals surface area contributed by atoms with Gasteiger partial charge in [-0.1, -0.05) is 12.1 Å². The van der Waals surface area contributed by atoms with E-state index in [1.165, 1.54) is 34.8 Å². The summed E-state index contributed by atoms with van der Waals surface area (Å²) in [5, 5.41) is 0. The Morgan fingerprint density at radius 3 is 2.24 bits per heavy atom. The minimum absolute atomic E-state index is 0.306. The number of aryl methyl sites for hydroxylation is 2. The first-order valence-corrected chi connectivity index (χ1v) is 9.11. The van der Waals surface area contributed by atoms with Crippen LogP contribution in [0.1, 0.15) is 29.8 Å². The topological polar surface area (TPSA) is 58.2 Å². The molecule has 3 rings (SSSR count). The van der Waals surface area contributed by atoms with Crippen LogP contribution in [0.15, 0.2) is 42.5 Å². The van der Waals surface area contributed by atoms with E-state index in [1.54, 1.807) is 30.3 Å². The van der Waals surface area contributed by atoms with Gasteiger partial charge in [0.2, 0.25) is 0 Å². The zero-order valence-electron chi connectivity index (χ0n) is 13.6. The summed E-state index contributed by atoms with van der Waals surface area (Å²) in [6.45, 7) is 3.79. The minimum Gasteiger partial charge on any atom is -0.267 e. The molecule has 0 atom stereocenters. The number of thiophene rings is 2. The van der Waals surface area contributed by atoms with Crippen molar-refractivity contribution in [2.75, 3.05) is 0 Å². The highest BCUT2D eigenvalue weighted by Gasteiger charge is 2.15. The quantitative estimate of drug-likeness (QED) is 0.671. The van der Waals surface area contributed by atoms with Gasteiger partial charge in [0.15, 0.2) is 0 Å². The normalized spacial score (nSPS) is 10.5. The molecule has 4 nitrogen and oxygen atoms in total. The fraction of sp³-hybridized carbons (Fsp3) is 0.111. The number of nitrogens with one attached hydrogen (secondary N) is 2. The molecule has 128 valence electrons. The number of carbonyl (C=O) groups excluding carboxylic acids is 2. The Balaban J connectivity index is 1.65. The van der Waals surface area contributed by atoms with Crippen LogP contribution in [0.25, 0.3) is 10.4 Å². The van der Waals surface area contributed by atoms with E-state index < -0.39 is 5.91 Å². The van der Waals surface area contributed by atoms with Gasteiger partial charge in [0, 0.05) is 14.6 Å². The second kappa shape index (κ2) is 7.16. The molecule has 0 bridgehead atoms. The van der Waals surface area contributed by atoms with Gasteiger partial charge >= 0.3 is 0 Å². The van der Waals surface area contributed by atoms with Crippen LogP contribution in [0.2, 0.25) is 0 Å². The Kier molecular flexibility index (Phi) is 4.96. The first-order valence-electron chi connectivity index (χ1n) is 7.47. The zero-order valence-corrected chi connectivity index (χ0v) is 15.2. The van der Waals surface area contributed by atoms with Crippen molar-refractivity contribution in [3.63, 3.8) is 0 Å². The molecule has 2 amide bonds. The standard InChI is InChI=1S/C18H15FN2O2S2/c1-10-9-14(11(2)24-10)17(22)20-21-18(23)16-8-7-15(25-16)12-3-5-13(19)6-4-12/h3-9H,1-2H3,(H,20,22)(H,21,23).